The Morgan fingerprint density at radius 2 is 1.78 bits per heavy atom. The van der Waals surface area contributed by atoms with Crippen LogP contribution in [0.25, 0.3) is 0 Å². The summed E-state index contributed by atoms with van der Waals surface area (Å²) in [5.74, 6) is 0.201. The van der Waals surface area contributed by atoms with Gasteiger partial charge in [-0.1, -0.05) is 13.8 Å². The molecule has 0 saturated carbocycles. The van der Waals surface area contributed by atoms with Crippen molar-refractivity contribution in [3.63, 3.8) is 0 Å². The van der Waals surface area contributed by atoms with Crippen molar-refractivity contribution in [1.82, 2.24) is 9.62 Å². The van der Waals surface area contributed by atoms with E-state index in [9.17, 15) is 13.2 Å². The molecule has 1 aliphatic rings. The summed E-state index contributed by atoms with van der Waals surface area (Å²) < 4.78 is 25.1. The van der Waals surface area contributed by atoms with Crippen molar-refractivity contribution >= 4 is 15.9 Å². The molecule has 1 saturated heterocycles. The van der Waals surface area contributed by atoms with Crippen molar-refractivity contribution in [1.29, 1.82) is 0 Å². The molecule has 1 aliphatic heterocycles. The zero-order chi connectivity index (χ0) is 13.8. The minimum Gasteiger partial charge on any atom is -0.341 e. The molecule has 0 spiro atoms. The molecule has 0 unspecified atom stereocenters. The Balaban J connectivity index is 2.71. The van der Waals surface area contributed by atoms with Gasteiger partial charge in [-0.3, -0.25) is 4.79 Å². The Kier molecular flexibility index (Phi) is 5.59. The quantitative estimate of drug-likeness (QED) is 0.813. The van der Waals surface area contributed by atoms with E-state index in [1.54, 1.807) is 4.90 Å². The van der Waals surface area contributed by atoms with Crippen LogP contribution in [0.1, 0.15) is 39.5 Å². The third-order valence-electron chi connectivity index (χ3n) is 3.03. The van der Waals surface area contributed by atoms with Crippen molar-refractivity contribution in [3.8, 4) is 0 Å². The van der Waals surface area contributed by atoms with Crippen LogP contribution >= 0.6 is 0 Å². The molecule has 0 aromatic heterocycles. The zero-order valence-electron chi connectivity index (χ0n) is 11.5. The fourth-order valence-corrected chi connectivity index (χ4v) is 2.98. The highest BCUT2D eigenvalue weighted by molar-refractivity contribution is 7.88. The van der Waals surface area contributed by atoms with E-state index < -0.39 is 16.1 Å². The van der Waals surface area contributed by atoms with Gasteiger partial charge in [0, 0.05) is 13.1 Å². The van der Waals surface area contributed by atoms with E-state index in [1.165, 1.54) is 0 Å². The van der Waals surface area contributed by atoms with E-state index in [0.29, 0.717) is 6.42 Å². The van der Waals surface area contributed by atoms with Crippen LogP contribution in [0.3, 0.4) is 0 Å². The van der Waals surface area contributed by atoms with Crippen LogP contribution in [-0.2, 0) is 14.8 Å². The number of amides is 1. The fraction of sp³-hybridized carbons (Fsp3) is 0.917. The first-order valence-corrected chi connectivity index (χ1v) is 8.45. The second-order valence-electron chi connectivity index (χ2n) is 5.46. The molecule has 5 nitrogen and oxygen atoms in total. The molecule has 1 fully saturated rings. The van der Waals surface area contributed by atoms with Gasteiger partial charge in [0.2, 0.25) is 15.9 Å². The minimum absolute atomic E-state index is 0.0752. The third-order valence-corrected chi connectivity index (χ3v) is 3.74. The third kappa shape index (κ3) is 5.35. The zero-order valence-corrected chi connectivity index (χ0v) is 12.3. The minimum atomic E-state index is -3.35. The molecular weight excluding hydrogens is 252 g/mol. The topological polar surface area (TPSA) is 66.5 Å². The highest BCUT2D eigenvalue weighted by Gasteiger charge is 2.28. The molecular formula is C12H24N2O3S. The second-order valence-corrected chi connectivity index (χ2v) is 7.24. The summed E-state index contributed by atoms with van der Waals surface area (Å²) in [6.07, 6.45) is 4.82. The van der Waals surface area contributed by atoms with Gasteiger partial charge in [-0.2, -0.15) is 0 Å². The molecule has 1 atom stereocenters. The molecule has 6 heteroatoms. The molecule has 0 aromatic rings. The van der Waals surface area contributed by atoms with Gasteiger partial charge in [-0.25, -0.2) is 13.1 Å². The summed E-state index contributed by atoms with van der Waals surface area (Å²) in [5, 5.41) is 0. The lowest BCUT2D eigenvalue weighted by atomic mass is 10.0. The van der Waals surface area contributed by atoms with Crippen LogP contribution in [0.15, 0.2) is 0 Å². The molecule has 1 amide bonds. The van der Waals surface area contributed by atoms with E-state index in [-0.39, 0.29) is 11.8 Å². The molecule has 1 rings (SSSR count). The SMILES string of the molecule is CC(C)C[C@H](NS(C)(=O)=O)C(=O)N1CCCCC1. The lowest BCUT2D eigenvalue weighted by molar-refractivity contribution is -0.134. The number of carbonyl (C=O) groups is 1. The van der Waals surface area contributed by atoms with Crippen LogP contribution in [0.4, 0.5) is 0 Å². The van der Waals surface area contributed by atoms with Crippen LogP contribution in [0, 0.1) is 5.92 Å². The van der Waals surface area contributed by atoms with Crippen molar-refractivity contribution in [3.05, 3.63) is 0 Å². The molecule has 1 N–H and O–H groups in total. The van der Waals surface area contributed by atoms with Crippen molar-refractivity contribution in [2.75, 3.05) is 19.3 Å². The molecule has 106 valence electrons. The Morgan fingerprint density at radius 3 is 2.22 bits per heavy atom. The van der Waals surface area contributed by atoms with E-state index >= 15 is 0 Å². The smallest absolute Gasteiger partial charge is 0.240 e. The van der Waals surface area contributed by atoms with Gasteiger partial charge < -0.3 is 4.90 Å². The number of sulfonamides is 1. The number of hydrogen-bond donors (Lipinski definition) is 1. The maximum absolute atomic E-state index is 12.3. The predicted molar refractivity (Wildman–Crippen MR) is 71.7 cm³/mol. The average Bonchev–Trinajstić information content (AvgIpc) is 2.26. The number of rotatable bonds is 5. The molecule has 18 heavy (non-hydrogen) atoms. The van der Waals surface area contributed by atoms with Crippen LogP contribution in [-0.4, -0.2) is 44.6 Å². The summed E-state index contributed by atoms with van der Waals surface area (Å²) in [6.45, 7) is 5.47. The Morgan fingerprint density at radius 1 is 1.22 bits per heavy atom. The summed E-state index contributed by atoms with van der Waals surface area (Å²) in [7, 11) is -3.35. The summed E-state index contributed by atoms with van der Waals surface area (Å²) in [6, 6.07) is -0.613. The van der Waals surface area contributed by atoms with Crippen molar-refractivity contribution < 1.29 is 13.2 Å². The Hall–Kier alpha value is -0.620. The molecule has 0 radical (unpaired) electrons. The summed E-state index contributed by atoms with van der Waals surface area (Å²) >= 11 is 0. The summed E-state index contributed by atoms with van der Waals surface area (Å²) in [5.41, 5.74) is 0. The first-order valence-electron chi connectivity index (χ1n) is 6.55. The molecule has 0 bridgehead atoms. The van der Waals surface area contributed by atoms with E-state index in [2.05, 4.69) is 4.72 Å². The van der Waals surface area contributed by atoms with Gasteiger partial charge in [-0.05, 0) is 31.6 Å². The summed E-state index contributed by atoms with van der Waals surface area (Å²) in [4.78, 5) is 14.1. The van der Waals surface area contributed by atoms with Crippen molar-refractivity contribution in [2.45, 2.75) is 45.6 Å². The van der Waals surface area contributed by atoms with Crippen LogP contribution in [0.5, 0.6) is 0 Å². The van der Waals surface area contributed by atoms with Gasteiger partial charge in [0.15, 0.2) is 0 Å². The number of nitrogens with one attached hydrogen (secondary N) is 1. The Labute approximate surface area is 110 Å². The lowest BCUT2D eigenvalue weighted by Gasteiger charge is -2.31. The van der Waals surface area contributed by atoms with E-state index in [4.69, 9.17) is 0 Å². The number of nitrogens with zero attached hydrogens (tertiary/aromatic N) is 1. The molecule has 1 heterocycles. The first kappa shape index (κ1) is 15.4. The fourth-order valence-electron chi connectivity index (χ4n) is 2.26. The van der Waals surface area contributed by atoms with Gasteiger partial charge in [0.05, 0.1) is 6.26 Å². The van der Waals surface area contributed by atoms with Crippen LogP contribution < -0.4 is 4.72 Å². The standard InChI is InChI=1S/C12H24N2O3S/c1-10(2)9-11(13-18(3,16)17)12(15)14-7-5-4-6-8-14/h10-11,13H,4-9H2,1-3H3/t11-/m0/s1. The number of carbonyl (C=O) groups excluding carboxylic acids is 1. The second kappa shape index (κ2) is 6.52. The Bertz CT molecular complexity index is 373. The maximum atomic E-state index is 12.3. The average molecular weight is 276 g/mol. The lowest BCUT2D eigenvalue weighted by Crippen LogP contribution is -2.50. The van der Waals surface area contributed by atoms with Crippen LogP contribution in [0.2, 0.25) is 0 Å². The molecule has 0 aromatic carbocycles. The maximum Gasteiger partial charge on any atom is 0.240 e. The highest BCUT2D eigenvalue weighted by Crippen LogP contribution is 2.14. The van der Waals surface area contributed by atoms with E-state index in [0.717, 1.165) is 38.6 Å². The number of likely N-dealkylation sites (tertiary alicyclic amines) is 1. The van der Waals surface area contributed by atoms with Gasteiger partial charge in [0.25, 0.3) is 0 Å². The monoisotopic (exact) mass is 276 g/mol. The largest absolute Gasteiger partial charge is 0.341 e. The normalized spacial score (nSPS) is 19.0. The predicted octanol–water partition coefficient (Wildman–Crippen LogP) is 0.963. The van der Waals surface area contributed by atoms with Gasteiger partial charge in [0.1, 0.15) is 6.04 Å². The number of hydrogen-bond acceptors (Lipinski definition) is 3. The van der Waals surface area contributed by atoms with Gasteiger partial charge >= 0.3 is 0 Å². The van der Waals surface area contributed by atoms with Crippen molar-refractivity contribution in [2.24, 2.45) is 5.92 Å². The van der Waals surface area contributed by atoms with E-state index in [1.807, 2.05) is 13.8 Å². The first-order chi connectivity index (χ1) is 8.29. The number of piperidine rings is 1. The molecule has 0 aliphatic carbocycles. The van der Waals surface area contributed by atoms with Gasteiger partial charge in [-0.15, -0.1) is 0 Å². The highest BCUT2D eigenvalue weighted by atomic mass is 32.2.